The van der Waals surface area contributed by atoms with Gasteiger partial charge in [-0.15, -0.1) is 0 Å². The molecular formula is C15H20N6O4. The standard InChI is InChI=1S/C15H20N6O4/c1-7(22)17-4-8-10-11(25-15(2,3)24-10)14(23-8)21-6-20-9-12(16)18-5-19-13(9)21/h5-6,8,10-11,14H,4H2,1-3H3,(H,17,22)(H2,16,18,19)/t8-,10-,11-,14-/m1/s1. The summed E-state index contributed by atoms with van der Waals surface area (Å²) in [7, 11) is 0. The molecule has 0 aromatic carbocycles. The fourth-order valence-electron chi connectivity index (χ4n) is 3.35. The fourth-order valence-corrected chi connectivity index (χ4v) is 3.35. The van der Waals surface area contributed by atoms with Crippen LogP contribution in [0.15, 0.2) is 12.7 Å². The Kier molecular flexibility index (Phi) is 3.63. The van der Waals surface area contributed by atoms with Crippen molar-refractivity contribution in [3.63, 3.8) is 0 Å². The number of anilines is 1. The van der Waals surface area contributed by atoms with Gasteiger partial charge in [0.1, 0.15) is 30.2 Å². The highest BCUT2D eigenvalue weighted by Crippen LogP contribution is 2.43. The highest BCUT2D eigenvalue weighted by Gasteiger charge is 2.56. The summed E-state index contributed by atoms with van der Waals surface area (Å²) in [6.07, 6.45) is 1.47. The zero-order valence-corrected chi connectivity index (χ0v) is 14.2. The Morgan fingerprint density at radius 2 is 2.08 bits per heavy atom. The van der Waals surface area contributed by atoms with E-state index in [0.717, 1.165) is 0 Å². The van der Waals surface area contributed by atoms with Crippen LogP contribution in [0.1, 0.15) is 27.0 Å². The lowest BCUT2D eigenvalue weighted by Crippen LogP contribution is -2.39. The predicted molar refractivity (Wildman–Crippen MR) is 86.2 cm³/mol. The van der Waals surface area contributed by atoms with Crippen molar-refractivity contribution in [2.45, 2.75) is 51.1 Å². The number of nitrogen functional groups attached to an aromatic ring is 1. The number of hydrogen-bond acceptors (Lipinski definition) is 8. The molecule has 10 nitrogen and oxygen atoms in total. The van der Waals surface area contributed by atoms with E-state index < -0.39 is 12.0 Å². The molecule has 2 saturated heterocycles. The summed E-state index contributed by atoms with van der Waals surface area (Å²) in [5, 5.41) is 2.77. The minimum atomic E-state index is -0.740. The van der Waals surface area contributed by atoms with E-state index in [1.165, 1.54) is 13.3 Å². The van der Waals surface area contributed by atoms with Gasteiger partial charge in [0, 0.05) is 13.5 Å². The van der Waals surface area contributed by atoms with Gasteiger partial charge in [0.05, 0.1) is 6.33 Å². The number of nitrogens with one attached hydrogen (secondary N) is 1. The molecule has 3 N–H and O–H groups in total. The molecule has 25 heavy (non-hydrogen) atoms. The van der Waals surface area contributed by atoms with Crippen molar-refractivity contribution >= 4 is 22.9 Å². The van der Waals surface area contributed by atoms with Crippen molar-refractivity contribution in [3.8, 4) is 0 Å². The Morgan fingerprint density at radius 1 is 1.32 bits per heavy atom. The molecule has 0 unspecified atom stereocenters. The first kappa shape index (κ1) is 16.2. The van der Waals surface area contributed by atoms with Gasteiger partial charge >= 0.3 is 0 Å². The van der Waals surface area contributed by atoms with E-state index >= 15 is 0 Å². The second-order valence-electron chi connectivity index (χ2n) is 6.65. The lowest BCUT2D eigenvalue weighted by Gasteiger charge is -2.24. The maximum atomic E-state index is 11.3. The third-order valence-electron chi connectivity index (χ3n) is 4.34. The van der Waals surface area contributed by atoms with Gasteiger partial charge in [0.2, 0.25) is 5.91 Å². The summed E-state index contributed by atoms with van der Waals surface area (Å²) in [4.78, 5) is 23.7. The first-order valence-corrected chi connectivity index (χ1v) is 8.04. The Balaban J connectivity index is 1.68. The number of aromatic nitrogens is 4. The molecule has 2 aromatic rings. The van der Waals surface area contributed by atoms with Crippen LogP contribution in [0.25, 0.3) is 11.2 Å². The van der Waals surface area contributed by atoms with E-state index in [2.05, 4.69) is 20.3 Å². The van der Waals surface area contributed by atoms with Gasteiger partial charge in [-0.05, 0) is 13.8 Å². The molecule has 0 bridgehead atoms. The molecule has 2 aliphatic rings. The van der Waals surface area contributed by atoms with Crippen LogP contribution in [0.5, 0.6) is 0 Å². The van der Waals surface area contributed by atoms with Crippen molar-refractivity contribution in [3.05, 3.63) is 12.7 Å². The van der Waals surface area contributed by atoms with E-state index in [1.54, 1.807) is 10.9 Å². The molecule has 1 amide bonds. The van der Waals surface area contributed by atoms with Gasteiger partial charge < -0.3 is 25.3 Å². The van der Waals surface area contributed by atoms with Crippen molar-refractivity contribution in [2.24, 2.45) is 0 Å². The van der Waals surface area contributed by atoms with Crippen molar-refractivity contribution in [1.82, 2.24) is 24.8 Å². The minimum absolute atomic E-state index is 0.129. The van der Waals surface area contributed by atoms with Crippen molar-refractivity contribution in [1.29, 1.82) is 0 Å². The first-order chi connectivity index (χ1) is 11.9. The Morgan fingerprint density at radius 3 is 2.84 bits per heavy atom. The molecule has 0 spiro atoms. The predicted octanol–water partition coefficient (Wildman–Crippen LogP) is -0.0379. The fraction of sp³-hybridized carbons (Fsp3) is 0.600. The molecule has 134 valence electrons. The summed E-state index contributed by atoms with van der Waals surface area (Å²) < 4.78 is 19.9. The third kappa shape index (κ3) is 2.71. The number of ether oxygens (including phenoxy) is 3. The Labute approximate surface area is 143 Å². The Bertz CT molecular complexity index is 821. The number of amides is 1. The maximum Gasteiger partial charge on any atom is 0.216 e. The zero-order chi connectivity index (χ0) is 17.8. The van der Waals surface area contributed by atoms with Crippen molar-refractivity contribution < 1.29 is 19.0 Å². The average Bonchev–Trinajstić information content (AvgIpc) is 3.17. The van der Waals surface area contributed by atoms with E-state index in [1.807, 2.05) is 13.8 Å². The number of nitrogens with two attached hydrogens (primary N) is 1. The molecule has 2 aliphatic heterocycles. The molecule has 4 rings (SSSR count). The first-order valence-electron chi connectivity index (χ1n) is 8.04. The topological polar surface area (TPSA) is 126 Å². The molecule has 4 heterocycles. The van der Waals surface area contributed by atoms with Crippen LogP contribution >= 0.6 is 0 Å². The number of hydrogen-bond donors (Lipinski definition) is 2. The number of nitrogens with zero attached hydrogens (tertiary/aromatic N) is 4. The highest BCUT2D eigenvalue weighted by molar-refractivity contribution is 5.81. The molecular weight excluding hydrogens is 328 g/mol. The second kappa shape index (κ2) is 5.61. The van der Waals surface area contributed by atoms with Crippen LogP contribution in [-0.2, 0) is 19.0 Å². The summed E-state index contributed by atoms with van der Waals surface area (Å²) in [6.45, 7) is 5.49. The SMILES string of the molecule is CC(=O)NC[C@H]1O[C@@H](n2cnc3c(N)ncnc32)[C@@H]2OC(C)(C)O[C@@H]21. The monoisotopic (exact) mass is 348 g/mol. The van der Waals surface area contributed by atoms with Gasteiger partial charge in [-0.25, -0.2) is 15.0 Å². The molecule has 4 atom stereocenters. The van der Waals surface area contributed by atoms with Gasteiger partial charge in [0.25, 0.3) is 0 Å². The van der Waals surface area contributed by atoms with Crippen LogP contribution in [0.4, 0.5) is 5.82 Å². The number of fused-ring (bicyclic) bond motifs is 2. The lowest BCUT2D eigenvalue weighted by atomic mass is 10.1. The number of imidazole rings is 1. The highest BCUT2D eigenvalue weighted by atomic mass is 16.8. The normalized spacial score (nSPS) is 30.5. The van der Waals surface area contributed by atoms with E-state index in [0.29, 0.717) is 23.5 Å². The van der Waals surface area contributed by atoms with Crippen LogP contribution in [-0.4, -0.2) is 56.1 Å². The van der Waals surface area contributed by atoms with Gasteiger partial charge in [-0.2, -0.15) is 0 Å². The average molecular weight is 348 g/mol. The molecule has 2 aromatic heterocycles. The molecule has 0 saturated carbocycles. The molecule has 10 heteroatoms. The Hall–Kier alpha value is -2.30. The van der Waals surface area contributed by atoms with Crippen LogP contribution < -0.4 is 11.1 Å². The minimum Gasteiger partial charge on any atom is -0.382 e. The smallest absolute Gasteiger partial charge is 0.216 e. The maximum absolute atomic E-state index is 11.3. The van der Waals surface area contributed by atoms with E-state index in [4.69, 9.17) is 19.9 Å². The second-order valence-corrected chi connectivity index (χ2v) is 6.65. The molecule has 0 aliphatic carbocycles. The quantitative estimate of drug-likeness (QED) is 0.791. The third-order valence-corrected chi connectivity index (χ3v) is 4.34. The van der Waals surface area contributed by atoms with Crippen molar-refractivity contribution in [2.75, 3.05) is 12.3 Å². The summed E-state index contributed by atoms with van der Waals surface area (Å²) in [6, 6.07) is 0. The van der Waals surface area contributed by atoms with E-state index in [-0.39, 0.29) is 24.2 Å². The van der Waals surface area contributed by atoms with E-state index in [9.17, 15) is 4.79 Å². The summed E-state index contributed by atoms with van der Waals surface area (Å²) in [5.41, 5.74) is 6.92. The summed E-state index contributed by atoms with van der Waals surface area (Å²) in [5.74, 6) is -0.566. The van der Waals surface area contributed by atoms with Gasteiger partial charge in [-0.3, -0.25) is 9.36 Å². The number of carbonyl (C=O) groups excluding carboxylic acids is 1. The largest absolute Gasteiger partial charge is 0.382 e. The molecule has 0 radical (unpaired) electrons. The lowest BCUT2D eigenvalue weighted by molar-refractivity contribution is -0.195. The number of carbonyl (C=O) groups is 1. The number of rotatable bonds is 3. The van der Waals surface area contributed by atoms with Crippen LogP contribution in [0.2, 0.25) is 0 Å². The molecule has 2 fully saturated rings. The van der Waals surface area contributed by atoms with Crippen LogP contribution in [0, 0.1) is 0 Å². The van der Waals surface area contributed by atoms with Crippen LogP contribution in [0.3, 0.4) is 0 Å². The van der Waals surface area contributed by atoms with Gasteiger partial charge in [0.15, 0.2) is 23.5 Å². The van der Waals surface area contributed by atoms with Gasteiger partial charge in [-0.1, -0.05) is 0 Å². The zero-order valence-electron chi connectivity index (χ0n) is 14.2. The summed E-state index contributed by atoms with van der Waals surface area (Å²) >= 11 is 0.